The van der Waals surface area contributed by atoms with E-state index in [0.29, 0.717) is 6.54 Å². The quantitative estimate of drug-likeness (QED) is 0.891. The molecule has 19 heavy (non-hydrogen) atoms. The summed E-state index contributed by atoms with van der Waals surface area (Å²) in [4.78, 5) is 0. The second kappa shape index (κ2) is 5.16. The third-order valence-corrected chi connectivity index (χ3v) is 4.14. The Morgan fingerprint density at radius 2 is 1.95 bits per heavy atom. The van der Waals surface area contributed by atoms with Crippen molar-refractivity contribution in [3.63, 3.8) is 0 Å². The summed E-state index contributed by atoms with van der Waals surface area (Å²) in [7, 11) is 0. The van der Waals surface area contributed by atoms with Gasteiger partial charge < -0.3 is 10.5 Å². The molecule has 0 heterocycles. The van der Waals surface area contributed by atoms with E-state index < -0.39 is 0 Å². The summed E-state index contributed by atoms with van der Waals surface area (Å²) in [6.45, 7) is 9.54. The number of hydrogen-bond acceptors (Lipinski definition) is 2. The first-order chi connectivity index (χ1) is 8.86. The zero-order valence-electron chi connectivity index (χ0n) is 12.8. The van der Waals surface area contributed by atoms with Crippen LogP contribution in [0.5, 0.6) is 5.75 Å². The Morgan fingerprint density at radius 1 is 1.26 bits per heavy atom. The Kier molecular flexibility index (Phi) is 3.91. The van der Waals surface area contributed by atoms with Gasteiger partial charge in [0.1, 0.15) is 11.4 Å². The van der Waals surface area contributed by atoms with Gasteiger partial charge in [0.25, 0.3) is 0 Å². The Morgan fingerprint density at radius 3 is 2.42 bits per heavy atom. The van der Waals surface area contributed by atoms with E-state index in [2.05, 4.69) is 45.9 Å². The summed E-state index contributed by atoms with van der Waals surface area (Å²) in [5.41, 5.74) is 8.41. The molecule has 0 aliphatic heterocycles. The second-order valence-corrected chi connectivity index (χ2v) is 6.93. The normalized spacial score (nSPS) is 17.9. The molecule has 1 saturated carbocycles. The van der Waals surface area contributed by atoms with Crippen molar-refractivity contribution >= 4 is 0 Å². The van der Waals surface area contributed by atoms with Gasteiger partial charge in [-0.2, -0.15) is 0 Å². The highest BCUT2D eigenvalue weighted by Crippen LogP contribution is 2.42. The summed E-state index contributed by atoms with van der Waals surface area (Å²) in [6.07, 6.45) is 4.50. The first-order valence-corrected chi connectivity index (χ1v) is 7.37. The highest BCUT2D eigenvalue weighted by atomic mass is 16.5. The van der Waals surface area contributed by atoms with Crippen molar-refractivity contribution in [1.82, 2.24) is 0 Å². The van der Waals surface area contributed by atoms with Gasteiger partial charge in [-0.3, -0.25) is 0 Å². The van der Waals surface area contributed by atoms with Gasteiger partial charge >= 0.3 is 0 Å². The van der Waals surface area contributed by atoms with Crippen molar-refractivity contribution in [2.24, 2.45) is 5.73 Å². The molecule has 1 fully saturated rings. The maximum absolute atomic E-state index is 6.44. The van der Waals surface area contributed by atoms with E-state index in [4.69, 9.17) is 10.5 Å². The van der Waals surface area contributed by atoms with Crippen molar-refractivity contribution in [3.8, 4) is 5.75 Å². The van der Waals surface area contributed by atoms with E-state index in [0.717, 1.165) is 25.0 Å². The average molecular weight is 261 g/mol. The smallest absolute Gasteiger partial charge is 0.124 e. The fourth-order valence-corrected chi connectivity index (χ4v) is 2.80. The number of hydrogen-bond donors (Lipinski definition) is 1. The SMILES string of the molecule is Cc1ccc(C(C)(C)C)c(OC2(CCN)CCC2)c1. The summed E-state index contributed by atoms with van der Waals surface area (Å²) >= 11 is 0. The molecular weight excluding hydrogens is 234 g/mol. The van der Waals surface area contributed by atoms with Crippen LogP contribution in [-0.4, -0.2) is 12.1 Å². The van der Waals surface area contributed by atoms with Crippen LogP contribution in [0.15, 0.2) is 18.2 Å². The van der Waals surface area contributed by atoms with E-state index in [9.17, 15) is 0 Å². The molecule has 1 aliphatic carbocycles. The monoisotopic (exact) mass is 261 g/mol. The number of aryl methyl sites for hydroxylation is 1. The molecule has 0 spiro atoms. The van der Waals surface area contributed by atoms with Gasteiger partial charge in [0.15, 0.2) is 0 Å². The van der Waals surface area contributed by atoms with Crippen LogP contribution in [-0.2, 0) is 5.41 Å². The minimum atomic E-state index is 0.00252. The van der Waals surface area contributed by atoms with Crippen molar-refractivity contribution in [3.05, 3.63) is 29.3 Å². The van der Waals surface area contributed by atoms with E-state index in [1.165, 1.54) is 17.5 Å². The highest BCUT2D eigenvalue weighted by molar-refractivity contribution is 5.42. The van der Waals surface area contributed by atoms with E-state index in [1.54, 1.807) is 0 Å². The third-order valence-electron chi connectivity index (χ3n) is 4.14. The summed E-state index contributed by atoms with van der Waals surface area (Å²) in [5.74, 6) is 1.06. The first-order valence-electron chi connectivity index (χ1n) is 7.37. The molecule has 2 heteroatoms. The van der Waals surface area contributed by atoms with Crippen LogP contribution >= 0.6 is 0 Å². The molecule has 106 valence electrons. The van der Waals surface area contributed by atoms with Gasteiger partial charge in [-0.1, -0.05) is 32.9 Å². The van der Waals surface area contributed by atoms with Gasteiger partial charge in [0.2, 0.25) is 0 Å². The minimum Gasteiger partial charge on any atom is -0.487 e. The molecule has 1 aliphatic rings. The third kappa shape index (κ3) is 3.11. The molecule has 1 aromatic carbocycles. The topological polar surface area (TPSA) is 35.2 Å². The van der Waals surface area contributed by atoms with E-state index in [1.807, 2.05) is 0 Å². The summed E-state index contributed by atoms with van der Waals surface area (Å²) in [6, 6.07) is 6.56. The number of nitrogens with two attached hydrogens (primary N) is 1. The van der Waals surface area contributed by atoms with Crippen molar-refractivity contribution in [2.45, 2.75) is 64.4 Å². The fraction of sp³-hybridized carbons (Fsp3) is 0.647. The molecule has 1 aromatic rings. The molecule has 2 nitrogen and oxygen atoms in total. The van der Waals surface area contributed by atoms with Crippen molar-refractivity contribution in [1.29, 1.82) is 0 Å². The standard InChI is InChI=1S/C17H27NO/c1-13-6-7-14(16(2,3)4)15(12-13)19-17(10-11-18)8-5-9-17/h6-7,12H,5,8-11,18H2,1-4H3. The molecule has 0 unspecified atom stereocenters. The number of ether oxygens (including phenoxy) is 1. The molecule has 0 atom stereocenters. The Bertz CT molecular complexity index is 441. The van der Waals surface area contributed by atoms with Crippen LogP contribution in [0.4, 0.5) is 0 Å². The molecule has 2 rings (SSSR count). The molecule has 2 N–H and O–H groups in total. The lowest BCUT2D eigenvalue weighted by Gasteiger charge is -2.43. The Labute approximate surface area is 117 Å². The van der Waals surface area contributed by atoms with Gasteiger partial charge in [-0.15, -0.1) is 0 Å². The van der Waals surface area contributed by atoms with E-state index in [-0.39, 0.29) is 11.0 Å². The van der Waals surface area contributed by atoms with Gasteiger partial charge in [0.05, 0.1) is 0 Å². The van der Waals surface area contributed by atoms with Crippen LogP contribution in [0.1, 0.15) is 57.6 Å². The van der Waals surface area contributed by atoms with Crippen LogP contribution in [0.2, 0.25) is 0 Å². The van der Waals surface area contributed by atoms with Crippen LogP contribution < -0.4 is 10.5 Å². The lowest BCUT2D eigenvalue weighted by molar-refractivity contribution is -0.0138. The summed E-state index contributed by atoms with van der Waals surface area (Å²) < 4.78 is 6.44. The molecule has 0 aromatic heterocycles. The van der Waals surface area contributed by atoms with Crippen molar-refractivity contribution in [2.75, 3.05) is 6.54 Å². The van der Waals surface area contributed by atoms with E-state index >= 15 is 0 Å². The molecule has 0 bridgehead atoms. The molecule has 0 radical (unpaired) electrons. The zero-order chi connectivity index (χ0) is 14.1. The highest BCUT2D eigenvalue weighted by Gasteiger charge is 2.39. The lowest BCUT2D eigenvalue weighted by atomic mass is 9.77. The minimum absolute atomic E-state index is 0.00252. The zero-order valence-corrected chi connectivity index (χ0v) is 12.8. The van der Waals surface area contributed by atoms with Crippen LogP contribution in [0.25, 0.3) is 0 Å². The number of benzene rings is 1. The van der Waals surface area contributed by atoms with Crippen LogP contribution in [0, 0.1) is 6.92 Å². The average Bonchev–Trinajstić information content (AvgIpc) is 2.24. The van der Waals surface area contributed by atoms with Crippen LogP contribution in [0.3, 0.4) is 0 Å². The second-order valence-electron chi connectivity index (χ2n) is 6.93. The maximum atomic E-state index is 6.44. The predicted molar refractivity (Wildman–Crippen MR) is 80.8 cm³/mol. The fourth-order valence-electron chi connectivity index (χ4n) is 2.80. The lowest BCUT2D eigenvalue weighted by Crippen LogP contribution is -2.45. The first kappa shape index (κ1) is 14.4. The predicted octanol–water partition coefficient (Wildman–Crippen LogP) is 3.94. The maximum Gasteiger partial charge on any atom is 0.124 e. The molecular formula is C17H27NO. The number of rotatable bonds is 4. The molecule has 0 saturated heterocycles. The van der Waals surface area contributed by atoms with Crippen molar-refractivity contribution < 1.29 is 4.74 Å². The summed E-state index contributed by atoms with van der Waals surface area (Å²) in [5, 5.41) is 0. The Balaban J connectivity index is 2.30. The van der Waals surface area contributed by atoms with Gasteiger partial charge in [-0.05, 0) is 61.8 Å². The van der Waals surface area contributed by atoms with Gasteiger partial charge in [-0.25, -0.2) is 0 Å². The molecule has 0 amide bonds. The Hall–Kier alpha value is -1.02. The van der Waals surface area contributed by atoms with Gasteiger partial charge in [0, 0.05) is 0 Å². The largest absolute Gasteiger partial charge is 0.487 e.